The topological polar surface area (TPSA) is 0 Å². The average Bonchev–Trinajstić information content (AvgIpc) is 3.18. The zero-order chi connectivity index (χ0) is 21.1. The van der Waals surface area contributed by atoms with Crippen molar-refractivity contribution in [3.05, 3.63) is 129 Å². The fraction of sp³-hybridized carbons (Fsp3) is 0.267. The van der Waals surface area contributed by atoms with Gasteiger partial charge in [0.15, 0.2) is 0 Å². The first-order valence-corrected chi connectivity index (χ1v) is 11.1. The molecule has 1 aliphatic rings. The minimum absolute atomic E-state index is 0. The van der Waals surface area contributed by atoms with Crippen molar-refractivity contribution in [1.29, 1.82) is 0 Å². The van der Waals surface area contributed by atoms with E-state index < -0.39 is 0 Å². The minimum Gasteiger partial charge on any atom is -1.00 e. The number of benzene rings is 3. The number of halogens is 3. The van der Waals surface area contributed by atoms with Gasteiger partial charge in [0.1, 0.15) is 0 Å². The normalized spacial score (nSPS) is 12.2. The Labute approximate surface area is 239 Å². The van der Waals surface area contributed by atoms with Gasteiger partial charge in [-0.3, -0.25) is 6.08 Å². The summed E-state index contributed by atoms with van der Waals surface area (Å²) in [5.74, 6) is 0. The van der Waals surface area contributed by atoms with Gasteiger partial charge >= 0.3 is 21.7 Å². The number of rotatable bonds is 6. The molecular formula is C30H31Cl3Ti. The fourth-order valence-electron chi connectivity index (χ4n) is 5.00. The Balaban J connectivity index is 0.00000272. The van der Waals surface area contributed by atoms with Crippen LogP contribution in [0.3, 0.4) is 0 Å². The van der Waals surface area contributed by atoms with Crippen molar-refractivity contribution in [1.82, 2.24) is 0 Å². The van der Waals surface area contributed by atoms with Crippen molar-refractivity contribution in [2.45, 2.75) is 52.4 Å². The Hall–Kier alpha value is -1.28. The van der Waals surface area contributed by atoms with Crippen molar-refractivity contribution in [2.24, 2.45) is 0 Å². The SMILES string of the molecule is CCCC1=C(C(c2cccc(C)c2)(c2cccc(C)c2)c2cccc(C)c2)CC=[C-]1.[Cl-].[Cl-].[Cl-].[Ti+4]. The van der Waals surface area contributed by atoms with Crippen molar-refractivity contribution in [2.75, 3.05) is 0 Å². The smallest absolute Gasteiger partial charge is 1.00 e. The van der Waals surface area contributed by atoms with Gasteiger partial charge in [0.2, 0.25) is 0 Å². The standard InChI is InChI=1S/C30H31.3ClH.Ti/c1-5-10-25-14-9-18-29(25)30(26-15-6-11-22(2)19-26,27-16-7-12-23(3)20-27)28-17-8-13-24(4)21-28;;;;/h6-9,11-13,15-17,19-21H,5,10,18H2,1-4H3;3*1H;/q-1;;;;+4/p-3. The summed E-state index contributed by atoms with van der Waals surface area (Å²) in [5.41, 5.74) is 10.5. The van der Waals surface area contributed by atoms with Crippen LogP contribution in [0.1, 0.15) is 59.6 Å². The van der Waals surface area contributed by atoms with Crippen LogP contribution in [0.5, 0.6) is 0 Å². The van der Waals surface area contributed by atoms with E-state index in [2.05, 4.69) is 113 Å². The van der Waals surface area contributed by atoms with Crippen LogP contribution in [0.25, 0.3) is 0 Å². The van der Waals surface area contributed by atoms with E-state index in [9.17, 15) is 0 Å². The Bertz CT molecular complexity index is 1020. The summed E-state index contributed by atoms with van der Waals surface area (Å²) in [6, 6.07) is 27.3. The molecule has 4 heteroatoms. The molecule has 0 aromatic heterocycles. The van der Waals surface area contributed by atoms with Gasteiger partial charge in [-0.2, -0.15) is 11.6 Å². The number of hydrogen-bond acceptors (Lipinski definition) is 0. The molecule has 1 aliphatic carbocycles. The van der Waals surface area contributed by atoms with Crippen LogP contribution >= 0.6 is 0 Å². The van der Waals surface area contributed by atoms with Crippen molar-refractivity contribution >= 4 is 0 Å². The largest absolute Gasteiger partial charge is 4.00 e. The summed E-state index contributed by atoms with van der Waals surface area (Å²) in [4.78, 5) is 0. The molecule has 0 fully saturated rings. The summed E-state index contributed by atoms with van der Waals surface area (Å²) < 4.78 is 0. The second-order valence-electron chi connectivity index (χ2n) is 8.62. The molecule has 0 bridgehead atoms. The van der Waals surface area contributed by atoms with Gasteiger partial charge in [-0.1, -0.05) is 116 Å². The molecule has 4 rings (SSSR count). The summed E-state index contributed by atoms with van der Waals surface area (Å²) in [5, 5.41) is 0. The van der Waals surface area contributed by atoms with Gasteiger partial charge in [-0.15, -0.1) is 0 Å². The van der Waals surface area contributed by atoms with Crippen LogP contribution < -0.4 is 37.2 Å². The van der Waals surface area contributed by atoms with E-state index in [0.29, 0.717) is 0 Å². The molecule has 0 atom stereocenters. The molecule has 0 radical (unpaired) electrons. The number of hydrogen-bond donors (Lipinski definition) is 0. The molecule has 3 aromatic rings. The van der Waals surface area contributed by atoms with Gasteiger partial charge in [-0.05, 0) is 37.5 Å². The van der Waals surface area contributed by atoms with E-state index in [1.54, 1.807) is 0 Å². The van der Waals surface area contributed by atoms with Crippen LogP contribution in [0.15, 0.2) is 90.0 Å². The zero-order valence-electron chi connectivity index (χ0n) is 20.3. The van der Waals surface area contributed by atoms with Crippen molar-refractivity contribution < 1.29 is 58.9 Å². The van der Waals surface area contributed by atoms with Crippen molar-refractivity contribution in [3.63, 3.8) is 0 Å². The van der Waals surface area contributed by atoms with Gasteiger partial charge in [0.25, 0.3) is 0 Å². The Kier molecular flexibility index (Phi) is 13.8. The maximum atomic E-state index is 3.62. The minimum atomic E-state index is -0.311. The van der Waals surface area contributed by atoms with Gasteiger partial charge in [0, 0.05) is 5.41 Å². The molecule has 34 heavy (non-hydrogen) atoms. The average molecular weight is 546 g/mol. The van der Waals surface area contributed by atoms with E-state index in [1.807, 2.05) is 0 Å². The van der Waals surface area contributed by atoms with E-state index >= 15 is 0 Å². The fourth-order valence-corrected chi connectivity index (χ4v) is 5.00. The first-order valence-electron chi connectivity index (χ1n) is 11.1. The van der Waals surface area contributed by atoms with Crippen LogP contribution in [-0.4, -0.2) is 0 Å². The summed E-state index contributed by atoms with van der Waals surface area (Å²) in [6.07, 6.45) is 9.00. The molecule has 0 spiro atoms. The number of allylic oxidation sites excluding steroid dienone is 4. The third-order valence-electron chi connectivity index (χ3n) is 6.25. The van der Waals surface area contributed by atoms with Crippen LogP contribution in [0, 0.1) is 26.8 Å². The molecule has 3 aromatic carbocycles. The van der Waals surface area contributed by atoms with Crippen LogP contribution in [0.4, 0.5) is 0 Å². The van der Waals surface area contributed by atoms with Gasteiger partial charge in [-0.25, -0.2) is 5.57 Å². The van der Waals surface area contributed by atoms with E-state index in [0.717, 1.165) is 19.3 Å². The molecule has 0 N–H and O–H groups in total. The maximum absolute atomic E-state index is 3.62. The molecule has 176 valence electrons. The third kappa shape index (κ3) is 6.28. The van der Waals surface area contributed by atoms with Gasteiger partial charge < -0.3 is 37.2 Å². The molecule has 0 saturated carbocycles. The first-order chi connectivity index (χ1) is 14.6. The number of aryl methyl sites for hydroxylation is 3. The van der Waals surface area contributed by atoms with E-state index in [4.69, 9.17) is 0 Å². The predicted molar refractivity (Wildman–Crippen MR) is 128 cm³/mol. The Morgan fingerprint density at radius 2 is 1.12 bits per heavy atom. The first kappa shape index (κ1) is 32.7. The van der Waals surface area contributed by atoms with Crippen LogP contribution in [-0.2, 0) is 27.1 Å². The molecule has 0 unspecified atom stereocenters. The van der Waals surface area contributed by atoms with E-state index in [-0.39, 0.29) is 64.4 Å². The summed E-state index contributed by atoms with van der Waals surface area (Å²) >= 11 is 0. The zero-order valence-corrected chi connectivity index (χ0v) is 24.1. The second-order valence-corrected chi connectivity index (χ2v) is 8.62. The summed E-state index contributed by atoms with van der Waals surface area (Å²) in [6.45, 7) is 8.85. The quantitative estimate of drug-likeness (QED) is 0.208. The maximum Gasteiger partial charge on any atom is 4.00 e. The molecule has 0 amide bonds. The van der Waals surface area contributed by atoms with Crippen LogP contribution in [0.2, 0.25) is 0 Å². The molecule has 0 nitrogen and oxygen atoms in total. The van der Waals surface area contributed by atoms with Crippen molar-refractivity contribution in [3.8, 4) is 0 Å². The molecular weight excluding hydrogens is 515 g/mol. The van der Waals surface area contributed by atoms with E-state index in [1.165, 1.54) is 44.5 Å². The molecule has 0 aliphatic heterocycles. The second kappa shape index (κ2) is 14.3. The third-order valence-corrected chi connectivity index (χ3v) is 6.25. The monoisotopic (exact) mass is 544 g/mol. The Morgan fingerprint density at radius 1 is 0.706 bits per heavy atom. The molecule has 0 heterocycles. The van der Waals surface area contributed by atoms with Gasteiger partial charge in [0.05, 0.1) is 0 Å². The predicted octanol–water partition coefficient (Wildman–Crippen LogP) is -1.18. The molecule has 0 saturated heterocycles. The Morgan fingerprint density at radius 3 is 1.47 bits per heavy atom. The summed E-state index contributed by atoms with van der Waals surface area (Å²) in [7, 11) is 0.